The lowest BCUT2D eigenvalue weighted by atomic mass is 10.1. The second-order valence-electron chi connectivity index (χ2n) is 5.54. The van der Waals surface area contributed by atoms with Crippen molar-refractivity contribution in [3.8, 4) is 17.0 Å². The van der Waals surface area contributed by atoms with Crippen molar-refractivity contribution in [3.63, 3.8) is 0 Å². The monoisotopic (exact) mass is 360 g/mol. The molecule has 3 aromatic rings. The van der Waals surface area contributed by atoms with E-state index in [2.05, 4.69) is 5.32 Å². The van der Waals surface area contributed by atoms with Gasteiger partial charge in [-0.15, -0.1) is 0 Å². The van der Waals surface area contributed by atoms with E-state index in [1.165, 1.54) is 36.5 Å². The van der Waals surface area contributed by atoms with Gasteiger partial charge in [-0.3, -0.25) is 0 Å². The van der Waals surface area contributed by atoms with Crippen LogP contribution in [0.2, 0.25) is 0 Å². The van der Waals surface area contributed by atoms with E-state index < -0.39 is 15.8 Å². The molecule has 0 bridgehead atoms. The summed E-state index contributed by atoms with van der Waals surface area (Å²) in [4.78, 5) is -0.0725. The quantitative estimate of drug-likeness (QED) is 0.734. The smallest absolute Gasteiger partial charge is 0.268 e. The van der Waals surface area contributed by atoms with Crippen molar-refractivity contribution in [1.82, 2.24) is 9.29 Å². The van der Waals surface area contributed by atoms with Gasteiger partial charge in [0.15, 0.2) is 0 Å². The highest BCUT2D eigenvalue weighted by molar-refractivity contribution is 7.90. The zero-order valence-corrected chi connectivity index (χ0v) is 14.3. The number of aromatic hydroxyl groups is 1. The minimum atomic E-state index is -3.99. The van der Waals surface area contributed by atoms with E-state index >= 15 is 0 Å². The van der Waals surface area contributed by atoms with Crippen molar-refractivity contribution in [3.05, 3.63) is 72.2 Å². The molecule has 0 saturated carbocycles. The van der Waals surface area contributed by atoms with Gasteiger partial charge in [-0.1, -0.05) is 18.2 Å². The Hall–Kier alpha value is -2.64. The standard InChI is InChI=1S/C18H17FN2O3S/c1-20-11-13-9-18(16-7-2-3-8-17(16)19)21(12-13)25(23,24)15-6-4-5-14(22)10-15/h2-10,12,20,22H,11H2,1H3. The fourth-order valence-electron chi connectivity index (χ4n) is 2.62. The van der Waals surface area contributed by atoms with E-state index in [0.29, 0.717) is 12.1 Å². The van der Waals surface area contributed by atoms with Gasteiger partial charge in [-0.05, 0) is 42.9 Å². The van der Waals surface area contributed by atoms with Gasteiger partial charge in [0.05, 0.1) is 10.6 Å². The normalized spacial score (nSPS) is 11.6. The molecule has 1 aromatic heterocycles. The van der Waals surface area contributed by atoms with E-state index in [9.17, 15) is 17.9 Å². The average molecular weight is 360 g/mol. The number of hydrogen-bond donors (Lipinski definition) is 2. The topological polar surface area (TPSA) is 71.3 Å². The van der Waals surface area contributed by atoms with Crippen LogP contribution in [0.5, 0.6) is 5.75 Å². The molecule has 2 aromatic carbocycles. The Kier molecular flexibility index (Phi) is 4.61. The Balaban J connectivity index is 2.23. The van der Waals surface area contributed by atoms with Crippen LogP contribution in [0.25, 0.3) is 11.3 Å². The van der Waals surface area contributed by atoms with Crippen molar-refractivity contribution in [2.24, 2.45) is 0 Å². The zero-order chi connectivity index (χ0) is 18.0. The Labute approximate surface area is 145 Å². The van der Waals surface area contributed by atoms with Crippen LogP contribution in [0.3, 0.4) is 0 Å². The number of nitrogens with zero attached hydrogens (tertiary/aromatic N) is 1. The molecule has 5 nitrogen and oxygen atoms in total. The van der Waals surface area contributed by atoms with Gasteiger partial charge < -0.3 is 10.4 Å². The molecule has 0 spiro atoms. The van der Waals surface area contributed by atoms with Crippen molar-refractivity contribution < 1.29 is 17.9 Å². The lowest BCUT2D eigenvalue weighted by Gasteiger charge is -2.11. The summed E-state index contributed by atoms with van der Waals surface area (Å²) in [7, 11) is -2.25. The van der Waals surface area contributed by atoms with Gasteiger partial charge in [0.1, 0.15) is 11.6 Å². The van der Waals surface area contributed by atoms with Crippen LogP contribution in [-0.4, -0.2) is 24.5 Å². The van der Waals surface area contributed by atoms with Crippen LogP contribution < -0.4 is 5.32 Å². The third kappa shape index (κ3) is 3.29. The third-order valence-corrected chi connectivity index (χ3v) is 5.42. The van der Waals surface area contributed by atoms with Gasteiger partial charge in [0.2, 0.25) is 0 Å². The van der Waals surface area contributed by atoms with Crippen molar-refractivity contribution in [1.29, 1.82) is 0 Å². The first-order valence-electron chi connectivity index (χ1n) is 7.59. The molecule has 0 radical (unpaired) electrons. The lowest BCUT2D eigenvalue weighted by molar-refractivity contribution is 0.473. The third-order valence-electron chi connectivity index (χ3n) is 3.75. The van der Waals surface area contributed by atoms with Crippen LogP contribution in [0.1, 0.15) is 5.56 Å². The van der Waals surface area contributed by atoms with Gasteiger partial charge in [-0.2, -0.15) is 0 Å². The van der Waals surface area contributed by atoms with Crippen LogP contribution >= 0.6 is 0 Å². The predicted octanol–water partition coefficient (Wildman–Crippen LogP) is 2.96. The number of benzene rings is 2. The maximum Gasteiger partial charge on any atom is 0.268 e. The highest BCUT2D eigenvalue weighted by atomic mass is 32.2. The summed E-state index contributed by atoms with van der Waals surface area (Å²) in [6, 6.07) is 13.0. The van der Waals surface area contributed by atoms with Crippen molar-refractivity contribution >= 4 is 10.0 Å². The van der Waals surface area contributed by atoms with Gasteiger partial charge in [0.25, 0.3) is 10.0 Å². The number of hydrogen-bond acceptors (Lipinski definition) is 4. The Morgan fingerprint density at radius 2 is 1.88 bits per heavy atom. The lowest BCUT2D eigenvalue weighted by Crippen LogP contribution is -2.13. The molecule has 0 aliphatic rings. The Morgan fingerprint density at radius 1 is 1.12 bits per heavy atom. The number of phenols is 1. The van der Waals surface area contributed by atoms with Crippen molar-refractivity contribution in [2.45, 2.75) is 11.4 Å². The summed E-state index contributed by atoms with van der Waals surface area (Å²) in [5.41, 5.74) is 1.12. The predicted molar refractivity (Wildman–Crippen MR) is 93.3 cm³/mol. The molecule has 3 rings (SSSR count). The maximum atomic E-state index is 14.2. The molecule has 25 heavy (non-hydrogen) atoms. The molecule has 2 N–H and O–H groups in total. The van der Waals surface area contributed by atoms with E-state index in [1.54, 1.807) is 25.2 Å². The number of aromatic nitrogens is 1. The summed E-state index contributed by atoms with van der Waals surface area (Å²) in [5, 5.41) is 12.5. The molecule has 0 aliphatic carbocycles. The summed E-state index contributed by atoms with van der Waals surface area (Å²) in [6.07, 6.45) is 1.46. The SMILES string of the molecule is CNCc1cc(-c2ccccc2F)n(S(=O)(=O)c2cccc(O)c2)c1. The zero-order valence-electron chi connectivity index (χ0n) is 13.5. The number of rotatable bonds is 5. The fourth-order valence-corrected chi connectivity index (χ4v) is 4.05. The molecule has 1 heterocycles. The highest BCUT2D eigenvalue weighted by Crippen LogP contribution is 2.29. The van der Waals surface area contributed by atoms with E-state index in [4.69, 9.17) is 0 Å². The Bertz CT molecular complexity index is 1010. The second-order valence-corrected chi connectivity index (χ2v) is 7.36. The number of phenolic OH excluding ortho intramolecular Hbond substituents is 1. The van der Waals surface area contributed by atoms with Crippen molar-refractivity contribution in [2.75, 3.05) is 7.05 Å². The molecular weight excluding hydrogens is 343 g/mol. The van der Waals surface area contributed by atoms with E-state index in [0.717, 1.165) is 10.0 Å². The molecule has 0 saturated heterocycles. The average Bonchev–Trinajstić information content (AvgIpc) is 3.00. The van der Waals surface area contributed by atoms with Crippen LogP contribution in [0, 0.1) is 5.82 Å². The molecule has 0 fully saturated rings. The molecule has 0 unspecified atom stereocenters. The minimum Gasteiger partial charge on any atom is -0.508 e. The summed E-state index contributed by atoms with van der Waals surface area (Å²) >= 11 is 0. The first-order valence-corrected chi connectivity index (χ1v) is 9.03. The highest BCUT2D eigenvalue weighted by Gasteiger charge is 2.23. The largest absolute Gasteiger partial charge is 0.508 e. The molecule has 130 valence electrons. The number of nitrogens with one attached hydrogen (secondary N) is 1. The van der Waals surface area contributed by atoms with Crippen LogP contribution in [0.15, 0.2) is 65.7 Å². The second kappa shape index (κ2) is 6.70. The minimum absolute atomic E-state index is 0.0725. The van der Waals surface area contributed by atoms with E-state index in [1.807, 2.05) is 0 Å². The first-order chi connectivity index (χ1) is 11.9. The molecule has 0 aliphatic heterocycles. The number of halogens is 1. The van der Waals surface area contributed by atoms with Crippen LogP contribution in [-0.2, 0) is 16.6 Å². The van der Waals surface area contributed by atoms with E-state index in [-0.39, 0.29) is 21.9 Å². The van der Waals surface area contributed by atoms with Gasteiger partial charge in [-0.25, -0.2) is 16.8 Å². The summed E-state index contributed by atoms with van der Waals surface area (Å²) in [5.74, 6) is -0.667. The molecule has 0 atom stereocenters. The molecule has 7 heteroatoms. The fraction of sp³-hybridized carbons (Fsp3) is 0.111. The summed E-state index contributed by atoms with van der Waals surface area (Å²) in [6.45, 7) is 0.435. The molecular formula is C18H17FN2O3S. The first kappa shape index (κ1) is 17.2. The molecule has 0 amide bonds. The summed E-state index contributed by atoms with van der Waals surface area (Å²) < 4.78 is 41.3. The Morgan fingerprint density at radius 3 is 2.56 bits per heavy atom. The van der Waals surface area contributed by atoms with Gasteiger partial charge in [0, 0.05) is 24.4 Å². The van der Waals surface area contributed by atoms with Gasteiger partial charge >= 0.3 is 0 Å². The maximum absolute atomic E-state index is 14.2. The van der Waals surface area contributed by atoms with Crippen LogP contribution in [0.4, 0.5) is 4.39 Å².